The van der Waals surface area contributed by atoms with E-state index in [1.165, 1.54) is 12.1 Å². The maximum absolute atomic E-state index is 13.5. The van der Waals surface area contributed by atoms with E-state index in [0.29, 0.717) is 5.56 Å². The smallest absolute Gasteiger partial charge is 0.166 e. The molecule has 0 aromatic heterocycles. The van der Waals surface area contributed by atoms with E-state index in [4.69, 9.17) is 10.00 Å². The SMILES string of the molecule is Cl.N#Cc1ccc(OC2CCNCC2)c(F)c1. The molecule has 0 unspecified atom stereocenters. The molecule has 2 rings (SSSR count). The van der Waals surface area contributed by atoms with E-state index < -0.39 is 5.82 Å². The fourth-order valence-electron chi connectivity index (χ4n) is 1.76. The van der Waals surface area contributed by atoms with Crippen LogP contribution in [0.15, 0.2) is 18.2 Å². The molecule has 1 N–H and O–H groups in total. The molecular weight excluding hydrogens is 243 g/mol. The molecule has 0 atom stereocenters. The van der Waals surface area contributed by atoms with Gasteiger partial charge in [0.2, 0.25) is 0 Å². The van der Waals surface area contributed by atoms with Gasteiger partial charge in [0.25, 0.3) is 0 Å². The number of nitrogens with one attached hydrogen (secondary N) is 1. The zero-order valence-electron chi connectivity index (χ0n) is 9.28. The molecule has 1 aromatic carbocycles. The maximum Gasteiger partial charge on any atom is 0.166 e. The number of nitrogens with zero attached hydrogens (tertiary/aromatic N) is 1. The standard InChI is InChI=1S/C12H13FN2O.ClH/c13-11-7-9(8-14)1-2-12(11)16-10-3-5-15-6-4-10;/h1-2,7,10,15H,3-6H2;1H. The molecule has 0 bridgehead atoms. The largest absolute Gasteiger partial charge is 0.487 e. The van der Waals surface area contributed by atoms with Crippen LogP contribution >= 0.6 is 12.4 Å². The normalized spacial score (nSPS) is 15.8. The third-order valence-corrected chi connectivity index (χ3v) is 2.64. The first kappa shape index (κ1) is 13.8. The van der Waals surface area contributed by atoms with Gasteiger partial charge in [-0.2, -0.15) is 5.26 Å². The van der Waals surface area contributed by atoms with Gasteiger partial charge in [-0.05, 0) is 44.1 Å². The van der Waals surface area contributed by atoms with Gasteiger partial charge >= 0.3 is 0 Å². The Morgan fingerprint density at radius 1 is 1.35 bits per heavy atom. The molecular formula is C12H14ClFN2O. The van der Waals surface area contributed by atoms with Crippen LogP contribution in [0.2, 0.25) is 0 Å². The Kier molecular flexibility index (Phi) is 5.20. The Hall–Kier alpha value is -1.31. The summed E-state index contributed by atoms with van der Waals surface area (Å²) < 4.78 is 19.1. The molecule has 1 heterocycles. The molecule has 0 radical (unpaired) electrons. The lowest BCUT2D eigenvalue weighted by Crippen LogP contribution is -2.34. The van der Waals surface area contributed by atoms with E-state index in [0.717, 1.165) is 25.9 Å². The van der Waals surface area contributed by atoms with Crippen molar-refractivity contribution in [3.63, 3.8) is 0 Å². The summed E-state index contributed by atoms with van der Waals surface area (Å²) in [6.45, 7) is 1.81. The zero-order valence-corrected chi connectivity index (χ0v) is 10.1. The van der Waals surface area contributed by atoms with Crippen LogP contribution in [0.1, 0.15) is 18.4 Å². The lowest BCUT2D eigenvalue weighted by molar-refractivity contribution is 0.156. The van der Waals surface area contributed by atoms with Crippen LogP contribution in [0.25, 0.3) is 0 Å². The van der Waals surface area contributed by atoms with E-state index in [1.807, 2.05) is 6.07 Å². The molecule has 0 aliphatic carbocycles. The summed E-state index contributed by atoms with van der Waals surface area (Å²) in [7, 11) is 0. The average Bonchev–Trinajstić information content (AvgIpc) is 2.33. The van der Waals surface area contributed by atoms with Gasteiger partial charge in [0.05, 0.1) is 11.6 Å². The topological polar surface area (TPSA) is 45.0 Å². The molecule has 0 saturated carbocycles. The average molecular weight is 257 g/mol. The van der Waals surface area contributed by atoms with Crippen LogP contribution < -0.4 is 10.1 Å². The summed E-state index contributed by atoms with van der Waals surface area (Å²) in [5.41, 5.74) is 0.315. The zero-order chi connectivity index (χ0) is 11.4. The van der Waals surface area contributed by atoms with E-state index in [-0.39, 0.29) is 24.3 Å². The third kappa shape index (κ3) is 3.58. The van der Waals surface area contributed by atoms with Crippen molar-refractivity contribution in [3.05, 3.63) is 29.6 Å². The van der Waals surface area contributed by atoms with E-state index in [2.05, 4.69) is 5.32 Å². The molecule has 0 spiro atoms. The van der Waals surface area contributed by atoms with Crippen LogP contribution in [0.4, 0.5) is 4.39 Å². The van der Waals surface area contributed by atoms with Gasteiger partial charge in [-0.25, -0.2) is 4.39 Å². The van der Waals surface area contributed by atoms with Gasteiger partial charge in [0.1, 0.15) is 6.10 Å². The first-order valence-electron chi connectivity index (χ1n) is 5.36. The molecule has 1 aromatic rings. The fourth-order valence-corrected chi connectivity index (χ4v) is 1.76. The van der Waals surface area contributed by atoms with E-state index in [1.54, 1.807) is 6.07 Å². The second-order valence-corrected chi connectivity index (χ2v) is 3.82. The minimum atomic E-state index is -0.461. The summed E-state index contributed by atoms with van der Waals surface area (Å²) in [6.07, 6.45) is 1.85. The van der Waals surface area contributed by atoms with E-state index in [9.17, 15) is 4.39 Å². The molecule has 92 valence electrons. The Morgan fingerprint density at radius 3 is 2.65 bits per heavy atom. The van der Waals surface area contributed by atoms with Crippen molar-refractivity contribution in [1.29, 1.82) is 5.26 Å². The minimum absolute atomic E-state index is 0. The maximum atomic E-state index is 13.5. The number of nitriles is 1. The van der Waals surface area contributed by atoms with Crippen molar-refractivity contribution in [1.82, 2.24) is 5.32 Å². The van der Waals surface area contributed by atoms with Crippen molar-refractivity contribution < 1.29 is 9.13 Å². The third-order valence-electron chi connectivity index (χ3n) is 2.64. The summed E-state index contributed by atoms with van der Waals surface area (Å²) in [5, 5.41) is 11.8. The molecule has 5 heteroatoms. The fraction of sp³-hybridized carbons (Fsp3) is 0.417. The summed E-state index contributed by atoms with van der Waals surface area (Å²) in [6, 6.07) is 6.19. The van der Waals surface area contributed by atoms with Crippen molar-refractivity contribution in [2.24, 2.45) is 0 Å². The number of hydrogen-bond acceptors (Lipinski definition) is 3. The number of piperidine rings is 1. The van der Waals surface area contributed by atoms with Crippen LogP contribution in [0.5, 0.6) is 5.75 Å². The van der Waals surface area contributed by atoms with E-state index >= 15 is 0 Å². The van der Waals surface area contributed by atoms with Gasteiger partial charge in [-0.15, -0.1) is 12.4 Å². The number of rotatable bonds is 2. The number of hydrogen-bond donors (Lipinski definition) is 1. The minimum Gasteiger partial charge on any atom is -0.487 e. The highest BCUT2D eigenvalue weighted by Crippen LogP contribution is 2.21. The van der Waals surface area contributed by atoms with Crippen molar-refractivity contribution >= 4 is 12.4 Å². The van der Waals surface area contributed by atoms with Gasteiger partial charge in [0, 0.05) is 0 Å². The number of ether oxygens (including phenoxy) is 1. The first-order valence-corrected chi connectivity index (χ1v) is 5.36. The summed E-state index contributed by atoms with van der Waals surface area (Å²) in [4.78, 5) is 0. The molecule has 0 amide bonds. The van der Waals surface area contributed by atoms with Gasteiger partial charge in [-0.3, -0.25) is 0 Å². The molecule has 1 fully saturated rings. The van der Waals surface area contributed by atoms with Gasteiger partial charge in [-0.1, -0.05) is 0 Å². The monoisotopic (exact) mass is 256 g/mol. The Bertz CT molecular complexity index is 413. The highest BCUT2D eigenvalue weighted by Gasteiger charge is 2.16. The van der Waals surface area contributed by atoms with Crippen LogP contribution in [-0.2, 0) is 0 Å². The lowest BCUT2D eigenvalue weighted by atomic mass is 10.1. The van der Waals surface area contributed by atoms with Gasteiger partial charge < -0.3 is 10.1 Å². The quantitative estimate of drug-likeness (QED) is 0.883. The predicted octanol–water partition coefficient (Wildman–Crippen LogP) is 2.25. The summed E-state index contributed by atoms with van der Waals surface area (Å²) >= 11 is 0. The highest BCUT2D eigenvalue weighted by atomic mass is 35.5. The second kappa shape index (κ2) is 6.43. The van der Waals surface area contributed by atoms with Crippen molar-refractivity contribution in [2.45, 2.75) is 18.9 Å². The predicted molar refractivity (Wildman–Crippen MR) is 64.9 cm³/mol. The Balaban J connectivity index is 0.00000144. The van der Waals surface area contributed by atoms with Crippen LogP contribution in [0, 0.1) is 17.1 Å². The molecule has 1 aliphatic heterocycles. The van der Waals surface area contributed by atoms with Crippen LogP contribution in [-0.4, -0.2) is 19.2 Å². The second-order valence-electron chi connectivity index (χ2n) is 3.82. The Labute approximate surface area is 106 Å². The number of benzene rings is 1. The van der Waals surface area contributed by atoms with Gasteiger partial charge in [0.15, 0.2) is 11.6 Å². The van der Waals surface area contributed by atoms with Crippen molar-refractivity contribution in [3.8, 4) is 11.8 Å². The highest BCUT2D eigenvalue weighted by molar-refractivity contribution is 5.85. The molecule has 1 aliphatic rings. The molecule has 1 saturated heterocycles. The Morgan fingerprint density at radius 2 is 2.06 bits per heavy atom. The summed E-state index contributed by atoms with van der Waals surface area (Å²) in [5.74, 6) is -0.219. The molecule has 17 heavy (non-hydrogen) atoms. The van der Waals surface area contributed by atoms with Crippen molar-refractivity contribution in [2.75, 3.05) is 13.1 Å². The number of halogens is 2. The van der Waals surface area contributed by atoms with Crippen LogP contribution in [0.3, 0.4) is 0 Å². The lowest BCUT2D eigenvalue weighted by Gasteiger charge is -2.23. The molecule has 3 nitrogen and oxygen atoms in total. The first-order chi connectivity index (χ1) is 7.79.